The lowest BCUT2D eigenvalue weighted by atomic mass is 10.1. The second-order valence-corrected chi connectivity index (χ2v) is 9.49. The molecule has 0 saturated heterocycles. The molecule has 1 amide bonds. The second-order valence-electron chi connectivity index (χ2n) is 8.68. The van der Waals surface area contributed by atoms with Crippen LogP contribution in [0.1, 0.15) is 24.3 Å². The van der Waals surface area contributed by atoms with Crippen LogP contribution in [0.4, 0.5) is 0 Å². The Balaban J connectivity index is 1.72. The Bertz CT molecular complexity index is 1560. The minimum absolute atomic E-state index is 0.176. The first-order valence-electron chi connectivity index (χ1n) is 10.4. The summed E-state index contributed by atoms with van der Waals surface area (Å²) in [6.45, 7) is 3.79. The molecule has 0 saturated carbocycles. The number of rotatable bonds is 5. The molecule has 0 bridgehead atoms. The summed E-state index contributed by atoms with van der Waals surface area (Å²) in [6.07, 6.45) is 7.00. The summed E-state index contributed by atoms with van der Waals surface area (Å²) in [4.78, 5) is 21.8. The molecule has 34 heavy (non-hydrogen) atoms. The summed E-state index contributed by atoms with van der Waals surface area (Å²) in [5.74, 6) is -0.658. The van der Waals surface area contributed by atoms with E-state index in [4.69, 9.17) is 33.9 Å². The van der Waals surface area contributed by atoms with Crippen LogP contribution >= 0.6 is 23.2 Å². The average Bonchev–Trinajstić information content (AvgIpc) is 3.36. The highest BCUT2D eigenvalue weighted by atomic mass is 35.5. The molecule has 1 aromatic carbocycles. The fraction of sp³-hybridized carbons (Fsp3) is 0.167. The third-order valence-corrected chi connectivity index (χ3v) is 6.03. The predicted molar refractivity (Wildman–Crippen MR) is 132 cm³/mol. The number of pyridine rings is 2. The van der Waals surface area contributed by atoms with E-state index in [1.54, 1.807) is 65.8 Å². The first-order valence-corrected chi connectivity index (χ1v) is 11.2. The smallest absolute Gasteiger partial charge is 0.268 e. The number of fused-ring (bicyclic) bond motifs is 3. The number of hydrogen-bond acceptors (Lipinski definition) is 5. The average molecular weight is 495 g/mol. The van der Waals surface area contributed by atoms with Gasteiger partial charge in [-0.15, -0.1) is 0 Å². The fourth-order valence-electron chi connectivity index (χ4n) is 3.99. The van der Waals surface area contributed by atoms with Crippen molar-refractivity contribution >= 4 is 45.7 Å². The van der Waals surface area contributed by atoms with Crippen LogP contribution in [0.2, 0.25) is 10.0 Å². The number of halogens is 2. The van der Waals surface area contributed by atoms with E-state index in [0.29, 0.717) is 44.4 Å². The van der Waals surface area contributed by atoms with Crippen molar-refractivity contribution in [1.29, 1.82) is 0 Å². The van der Waals surface area contributed by atoms with Gasteiger partial charge in [-0.05, 0) is 38.1 Å². The summed E-state index contributed by atoms with van der Waals surface area (Å²) >= 11 is 12.8. The number of nitrogens with two attached hydrogens (primary N) is 1. The number of carbonyl (C=O) groups is 1. The zero-order valence-electron chi connectivity index (χ0n) is 18.3. The van der Waals surface area contributed by atoms with Crippen LogP contribution in [0.3, 0.4) is 0 Å². The highest BCUT2D eigenvalue weighted by Gasteiger charge is 2.24. The number of primary amides is 1. The molecule has 5 rings (SSSR count). The lowest BCUT2D eigenvalue weighted by molar-refractivity contribution is 0.0577. The van der Waals surface area contributed by atoms with Gasteiger partial charge >= 0.3 is 0 Å². The van der Waals surface area contributed by atoms with Gasteiger partial charge in [0.25, 0.3) is 5.91 Å². The van der Waals surface area contributed by atoms with E-state index in [1.165, 1.54) is 0 Å². The molecule has 0 fully saturated rings. The van der Waals surface area contributed by atoms with Crippen LogP contribution in [-0.2, 0) is 6.54 Å². The van der Waals surface area contributed by atoms with Crippen LogP contribution in [0, 0.1) is 0 Å². The van der Waals surface area contributed by atoms with Crippen LogP contribution in [0.5, 0.6) is 0 Å². The Morgan fingerprint density at radius 3 is 2.56 bits per heavy atom. The molecule has 3 N–H and O–H groups in total. The Kier molecular flexibility index (Phi) is 5.31. The lowest BCUT2D eigenvalue weighted by Gasteiger charge is -2.16. The number of aromatic nitrogens is 5. The first-order chi connectivity index (χ1) is 16.1. The molecule has 0 radical (unpaired) electrons. The molecule has 0 atom stereocenters. The Hall–Kier alpha value is -3.46. The monoisotopic (exact) mass is 494 g/mol. The van der Waals surface area contributed by atoms with E-state index in [9.17, 15) is 9.90 Å². The molecular formula is C24H20Cl2N6O2. The number of imidazole rings is 1. The quantitative estimate of drug-likeness (QED) is 0.371. The van der Waals surface area contributed by atoms with E-state index in [1.807, 2.05) is 12.3 Å². The molecule has 0 aliphatic rings. The third-order valence-electron chi connectivity index (χ3n) is 5.40. The van der Waals surface area contributed by atoms with Crippen LogP contribution < -0.4 is 5.73 Å². The maximum absolute atomic E-state index is 12.5. The van der Waals surface area contributed by atoms with Gasteiger partial charge in [0.1, 0.15) is 17.0 Å². The number of benzene rings is 1. The summed E-state index contributed by atoms with van der Waals surface area (Å²) < 4.78 is 3.31. The molecule has 10 heteroatoms. The number of aliphatic hydroxyl groups is 1. The summed E-state index contributed by atoms with van der Waals surface area (Å²) in [5, 5.41) is 15.9. The topological polar surface area (TPSA) is 111 Å². The van der Waals surface area contributed by atoms with Crippen molar-refractivity contribution in [3.63, 3.8) is 0 Å². The molecule has 4 heterocycles. The minimum atomic E-state index is -0.894. The van der Waals surface area contributed by atoms with Crippen molar-refractivity contribution in [2.24, 2.45) is 5.73 Å². The zero-order chi connectivity index (χ0) is 24.2. The number of amides is 1. The molecule has 0 aliphatic heterocycles. The van der Waals surface area contributed by atoms with E-state index in [0.717, 1.165) is 11.1 Å². The minimum Gasteiger partial charge on any atom is -0.389 e. The molecule has 8 nitrogen and oxygen atoms in total. The van der Waals surface area contributed by atoms with Crippen LogP contribution in [-0.4, -0.2) is 40.8 Å². The molecular weight excluding hydrogens is 475 g/mol. The maximum atomic E-state index is 12.5. The van der Waals surface area contributed by atoms with E-state index in [2.05, 4.69) is 10.1 Å². The number of nitrogens with zero attached hydrogens (tertiary/aromatic N) is 5. The molecule has 0 spiro atoms. The van der Waals surface area contributed by atoms with Gasteiger partial charge in [-0.1, -0.05) is 29.3 Å². The lowest BCUT2D eigenvalue weighted by Crippen LogP contribution is -2.26. The van der Waals surface area contributed by atoms with Gasteiger partial charge in [0.15, 0.2) is 0 Å². The molecule has 5 aromatic rings. The van der Waals surface area contributed by atoms with Crippen molar-refractivity contribution in [2.45, 2.75) is 26.0 Å². The van der Waals surface area contributed by atoms with Gasteiger partial charge in [-0.3, -0.25) is 18.9 Å². The fourth-order valence-corrected chi connectivity index (χ4v) is 4.56. The predicted octanol–water partition coefficient (Wildman–Crippen LogP) is 4.59. The summed E-state index contributed by atoms with van der Waals surface area (Å²) in [5.41, 5.74) is 8.60. The number of carbonyl (C=O) groups excluding carboxylic acids is 1. The Labute approximate surface area is 204 Å². The Morgan fingerprint density at radius 1 is 1.15 bits per heavy atom. The van der Waals surface area contributed by atoms with Crippen molar-refractivity contribution in [2.75, 3.05) is 0 Å². The van der Waals surface area contributed by atoms with Gasteiger partial charge in [-0.2, -0.15) is 5.10 Å². The normalized spacial score (nSPS) is 12.0. The van der Waals surface area contributed by atoms with Crippen molar-refractivity contribution in [3.05, 3.63) is 70.9 Å². The van der Waals surface area contributed by atoms with E-state index >= 15 is 0 Å². The van der Waals surface area contributed by atoms with Gasteiger partial charge in [-0.25, -0.2) is 4.98 Å². The SMILES string of the molecule is CC(C)(O)Cn1cc(-c2cnc3ccn4c(C(N)=O)c(-c5c(Cl)cccc5Cl)nc4c3c2)cn1. The van der Waals surface area contributed by atoms with Crippen molar-refractivity contribution in [3.8, 4) is 22.4 Å². The second kappa shape index (κ2) is 8.09. The Morgan fingerprint density at radius 2 is 1.88 bits per heavy atom. The van der Waals surface area contributed by atoms with Crippen LogP contribution in [0.25, 0.3) is 38.9 Å². The zero-order valence-corrected chi connectivity index (χ0v) is 19.8. The molecule has 0 unspecified atom stereocenters. The first kappa shape index (κ1) is 22.3. The summed E-state index contributed by atoms with van der Waals surface area (Å²) in [7, 11) is 0. The van der Waals surface area contributed by atoms with E-state index in [-0.39, 0.29) is 5.69 Å². The van der Waals surface area contributed by atoms with Gasteiger partial charge in [0, 0.05) is 40.7 Å². The highest BCUT2D eigenvalue weighted by Crippen LogP contribution is 2.37. The van der Waals surface area contributed by atoms with Crippen molar-refractivity contribution < 1.29 is 9.90 Å². The molecule has 0 aliphatic carbocycles. The highest BCUT2D eigenvalue weighted by molar-refractivity contribution is 6.39. The molecule has 4 aromatic heterocycles. The maximum Gasteiger partial charge on any atom is 0.268 e. The van der Waals surface area contributed by atoms with Crippen molar-refractivity contribution in [1.82, 2.24) is 24.1 Å². The van der Waals surface area contributed by atoms with Crippen LogP contribution in [0.15, 0.2) is 55.1 Å². The van der Waals surface area contributed by atoms with Gasteiger partial charge in [0.2, 0.25) is 0 Å². The van der Waals surface area contributed by atoms with E-state index < -0.39 is 11.5 Å². The number of hydrogen-bond donors (Lipinski definition) is 2. The summed E-state index contributed by atoms with van der Waals surface area (Å²) in [6, 6.07) is 8.80. The van der Waals surface area contributed by atoms with Gasteiger partial charge in [0.05, 0.1) is 33.9 Å². The molecule has 172 valence electrons. The van der Waals surface area contributed by atoms with Gasteiger partial charge < -0.3 is 10.8 Å². The standard InChI is InChI=1S/C24H20Cl2N6O2/c1-24(2,34)12-31-11-14(10-29-31)13-8-15-18(28-9-13)6-7-32-21(22(27)33)20(30-23(15)32)19-16(25)4-3-5-17(19)26/h3-11,34H,12H2,1-2H3,(H2,27,33). The third kappa shape index (κ3) is 3.90. The largest absolute Gasteiger partial charge is 0.389 e.